The highest BCUT2D eigenvalue weighted by Crippen LogP contribution is 2.39. The Bertz CT molecular complexity index is 596. The van der Waals surface area contributed by atoms with E-state index in [4.69, 9.17) is 21.1 Å². The van der Waals surface area contributed by atoms with Gasteiger partial charge in [0.1, 0.15) is 12.4 Å². The molecule has 1 unspecified atom stereocenters. The molecule has 0 aliphatic rings. The monoisotopic (exact) mass is 452 g/mol. The van der Waals surface area contributed by atoms with E-state index in [1.165, 1.54) is 5.56 Å². The normalized spacial score (nSPS) is 12.4. The Hall–Kier alpha value is -0.0700. The van der Waals surface area contributed by atoms with Gasteiger partial charge in [-0.05, 0) is 68.1 Å². The summed E-state index contributed by atoms with van der Waals surface area (Å²) in [5.41, 5.74) is 2.25. The fraction of sp³-hybridized carbons (Fsp3) is 0.333. The van der Waals surface area contributed by atoms with E-state index in [9.17, 15) is 0 Å². The second-order valence-electron chi connectivity index (χ2n) is 4.50. The lowest BCUT2D eigenvalue weighted by Gasteiger charge is -2.12. The maximum atomic E-state index is 6.58. The van der Waals surface area contributed by atoms with E-state index in [-0.39, 0.29) is 5.38 Å². The van der Waals surface area contributed by atoms with Gasteiger partial charge < -0.3 is 9.47 Å². The Morgan fingerprint density at radius 2 is 2.00 bits per heavy atom. The van der Waals surface area contributed by atoms with Gasteiger partial charge in [-0.25, -0.2) is 0 Å². The summed E-state index contributed by atoms with van der Waals surface area (Å²) in [5.74, 6) is 0.795. The summed E-state index contributed by atoms with van der Waals surface area (Å²) < 4.78 is 12.6. The molecule has 1 heterocycles. The van der Waals surface area contributed by atoms with Crippen molar-refractivity contribution in [1.82, 2.24) is 0 Å². The van der Waals surface area contributed by atoms with Crippen LogP contribution in [0.5, 0.6) is 5.75 Å². The van der Waals surface area contributed by atoms with Crippen LogP contribution in [-0.2, 0) is 4.74 Å². The van der Waals surface area contributed by atoms with Crippen LogP contribution in [0.4, 0.5) is 0 Å². The van der Waals surface area contributed by atoms with Crippen LogP contribution in [0, 0.1) is 6.92 Å². The minimum absolute atomic E-state index is 0.163. The maximum absolute atomic E-state index is 6.58. The zero-order chi connectivity index (χ0) is 15.4. The minimum Gasteiger partial charge on any atom is -0.490 e. The molecule has 0 saturated carbocycles. The van der Waals surface area contributed by atoms with Crippen molar-refractivity contribution in [3.8, 4) is 5.75 Å². The Labute approximate surface area is 150 Å². The average molecular weight is 455 g/mol. The van der Waals surface area contributed by atoms with Crippen molar-refractivity contribution < 1.29 is 9.47 Å². The van der Waals surface area contributed by atoms with E-state index in [1.807, 2.05) is 18.2 Å². The topological polar surface area (TPSA) is 18.5 Å². The molecule has 2 rings (SSSR count). The standard InChI is InChI=1S/C15H15Br2ClO2S/c1-9-7-13(21-15(9)17)14(18)10-3-4-12(11(16)8-10)20-6-5-19-2/h3-4,7-8,14H,5-6H2,1-2H3. The summed E-state index contributed by atoms with van der Waals surface area (Å²) >= 11 is 15.3. The molecule has 0 aliphatic heterocycles. The van der Waals surface area contributed by atoms with Gasteiger partial charge in [0.05, 0.1) is 20.2 Å². The lowest BCUT2D eigenvalue weighted by molar-refractivity contribution is 0.146. The lowest BCUT2D eigenvalue weighted by atomic mass is 10.1. The van der Waals surface area contributed by atoms with Crippen LogP contribution < -0.4 is 4.74 Å². The highest BCUT2D eigenvalue weighted by molar-refractivity contribution is 9.11. The molecular weight excluding hydrogens is 439 g/mol. The number of hydrogen-bond donors (Lipinski definition) is 0. The van der Waals surface area contributed by atoms with Gasteiger partial charge in [0.2, 0.25) is 0 Å². The number of benzene rings is 1. The molecule has 0 spiro atoms. The first kappa shape index (κ1) is 17.3. The third-order valence-corrected chi connectivity index (χ3v) is 6.36. The van der Waals surface area contributed by atoms with E-state index in [0.717, 1.165) is 24.4 Å². The molecule has 2 nitrogen and oxygen atoms in total. The van der Waals surface area contributed by atoms with Gasteiger partial charge in [-0.2, -0.15) is 0 Å². The van der Waals surface area contributed by atoms with E-state index in [1.54, 1.807) is 18.4 Å². The predicted molar refractivity (Wildman–Crippen MR) is 96.0 cm³/mol. The summed E-state index contributed by atoms with van der Waals surface area (Å²) in [6.07, 6.45) is 0. The molecule has 0 aliphatic carbocycles. The summed E-state index contributed by atoms with van der Waals surface area (Å²) in [5, 5.41) is -0.163. The molecule has 6 heteroatoms. The van der Waals surface area contributed by atoms with E-state index >= 15 is 0 Å². The van der Waals surface area contributed by atoms with Crippen LogP contribution in [0.25, 0.3) is 0 Å². The molecule has 1 aromatic heterocycles. The fourth-order valence-corrected chi connectivity index (χ4v) is 4.22. The fourth-order valence-electron chi connectivity index (χ4n) is 1.80. The molecule has 0 saturated heterocycles. The van der Waals surface area contributed by atoms with Crippen LogP contribution in [0.15, 0.2) is 32.5 Å². The average Bonchev–Trinajstić information content (AvgIpc) is 2.80. The van der Waals surface area contributed by atoms with Crippen LogP contribution >= 0.6 is 54.8 Å². The van der Waals surface area contributed by atoms with Crippen LogP contribution in [0.1, 0.15) is 21.4 Å². The van der Waals surface area contributed by atoms with Gasteiger partial charge >= 0.3 is 0 Å². The number of halogens is 3. The summed E-state index contributed by atoms with van der Waals surface area (Å²) in [4.78, 5) is 1.13. The van der Waals surface area contributed by atoms with Gasteiger partial charge in [-0.15, -0.1) is 22.9 Å². The summed E-state index contributed by atoms with van der Waals surface area (Å²) in [6, 6.07) is 8.04. The molecule has 0 N–H and O–H groups in total. The first-order chi connectivity index (χ1) is 10.0. The largest absolute Gasteiger partial charge is 0.490 e. The second kappa shape index (κ2) is 7.97. The highest BCUT2D eigenvalue weighted by atomic mass is 79.9. The Balaban J connectivity index is 2.15. The first-order valence-corrected chi connectivity index (χ1v) is 9.18. The summed E-state index contributed by atoms with van der Waals surface area (Å²) in [7, 11) is 1.65. The van der Waals surface area contributed by atoms with Crippen molar-refractivity contribution in [3.63, 3.8) is 0 Å². The number of ether oxygens (including phenoxy) is 2. The molecule has 0 bridgehead atoms. The van der Waals surface area contributed by atoms with Crippen molar-refractivity contribution in [2.24, 2.45) is 0 Å². The third-order valence-electron chi connectivity index (χ3n) is 2.92. The number of aryl methyl sites for hydroxylation is 1. The Morgan fingerprint density at radius 3 is 2.57 bits per heavy atom. The second-order valence-corrected chi connectivity index (χ2v) is 8.19. The minimum atomic E-state index is -0.163. The maximum Gasteiger partial charge on any atom is 0.133 e. The van der Waals surface area contributed by atoms with Crippen molar-refractivity contribution in [2.45, 2.75) is 12.3 Å². The molecule has 114 valence electrons. The first-order valence-electron chi connectivity index (χ1n) is 6.34. The zero-order valence-corrected chi connectivity index (χ0v) is 16.4. The molecule has 0 fully saturated rings. The highest BCUT2D eigenvalue weighted by Gasteiger charge is 2.16. The molecule has 0 radical (unpaired) electrons. The number of methoxy groups -OCH3 is 1. The summed E-state index contributed by atoms with van der Waals surface area (Å²) in [6.45, 7) is 3.15. The number of alkyl halides is 1. The molecule has 21 heavy (non-hydrogen) atoms. The van der Waals surface area contributed by atoms with Crippen LogP contribution in [0.3, 0.4) is 0 Å². The van der Waals surface area contributed by atoms with Crippen molar-refractivity contribution >= 4 is 54.8 Å². The van der Waals surface area contributed by atoms with Crippen LogP contribution in [0.2, 0.25) is 0 Å². The number of thiophene rings is 1. The lowest BCUT2D eigenvalue weighted by Crippen LogP contribution is -2.04. The molecule has 1 atom stereocenters. The van der Waals surface area contributed by atoms with Gasteiger partial charge in [-0.1, -0.05) is 6.07 Å². The smallest absolute Gasteiger partial charge is 0.133 e. The quantitative estimate of drug-likeness (QED) is 0.398. The van der Waals surface area contributed by atoms with Gasteiger partial charge in [-0.3, -0.25) is 0 Å². The zero-order valence-electron chi connectivity index (χ0n) is 11.7. The Kier molecular flexibility index (Phi) is 6.56. The van der Waals surface area contributed by atoms with Gasteiger partial charge in [0.15, 0.2) is 0 Å². The van der Waals surface area contributed by atoms with Crippen molar-refractivity contribution in [3.05, 3.63) is 48.5 Å². The van der Waals surface area contributed by atoms with Crippen molar-refractivity contribution in [1.29, 1.82) is 0 Å². The van der Waals surface area contributed by atoms with Gasteiger partial charge in [0.25, 0.3) is 0 Å². The van der Waals surface area contributed by atoms with E-state index < -0.39 is 0 Å². The van der Waals surface area contributed by atoms with Crippen LogP contribution in [-0.4, -0.2) is 20.3 Å². The molecule has 0 amide bonds. The number of rotatable bonds is 6. The third kappa shape index (κ3) is 4.45. The SMILES string of the molecule is COCCOc1ccc(C(Cl)c2cc(C)c(Br)s2)cc1Br. The number of hydrogen-bond acceptors (Lipinski definition) is 3. The predicted octanol–water partition coefficient (Wildman–Crippen LogP) is 5.93. The Morgan fingerprint density at radius 1 is 1.24 bits per heavy atom. The van der Waals surface area contributed by atoms with E-state index in [0.29, 0.717) is 13.2 Å². The molecule has 1 aromatic carbocycles. The molecular formula is C15H15Br2ClO2S. The van der Waals surface area contributed by atoms with Gasteiger partial charge in [0, 0.05) is 12.0 Å². The molecule has 2 aromatic rings. The van der Waals surface area contributed by atoms with E-state index in [2.05, 4.69) is 44.8 Å². The van der Waals surface area contributed by atoms with Crippen molar-refractivity contribution in [2.75, 3.05) is 20.3 Å².